The van der Waals surface area contributed by atoms with Crippen LogP contribution >= 0.6 is 11.6 Å². The van der Waals surface area contributed by atoms with E-state index in [1.54, 1.807) is 0 Å². The Labute approximate surface area is 87.6 Å². The van der Waals surface area contributed by atoms with Gasteiger partial charge < -0.3 is 5.32 Å². The Morgan fingerprint density at radius 2 is 2.00 bits per heavy atom. The van der Waals surface area contributed by atoms with Crippen LogP contribution in [0, 0.1) is 5.92 Å². The molecule has 0 aromatic rings. The van der Waals surface area contributed by atoms with Gasteiger partial charge in [0.15, 0.2) is 0 Å². The van der Waals surface area contributed by atoms with E-state index in [1.807, 2.05) is 0 Å². The van der Waals surface area contributed by atoms with Crippen LogP contribution in [0.15, 0.2) is 11.6 Å². The number of rotatable bonds is 7. The molecule has 0 aromatic heterocycles. The van der Waals surface area contributed by atoms with Gasteiger partial charge in [0.1, 0.15) is 0 Å². The zero-order chi connectivity index (χ0) is 10.3. The fourth-order valence-electron chi connectivity index (χ4n) is 1.30. The Hall–Kier alpha value is -0.0100. The molecule has 1 nitrogen and oxygen atoms in total. The lowest BCUT2D eigenvalue weighted by molar-refractivity contribution is 0.395. The minimum absolute atomic E-state index is 0.588. The molecule has 0 radical (unpaired) electrons. The van der Waals surface area contributed by atoms with Crippen molar-refractivity contribution in [1.29, 1.82) is 0 Å². The van der Waals surface area contributed by atoms with Crippen molar-refractivity contribution in [3.63, 3.8) is 0 Å². The summed E-state index contributed by atoms with van der Waals surface area (Å²) in [4.78, 5) is 0. The molecular weight excluding hydrogens is 182 g/mol. The molecule has 0 aliphatic heterocycles. The van der Waals surface area contributed by atoms with Gasteiger partial charge >= 0.3 is 0 Å². The third-order valence-electron chi connectivity index (χ3n) is 2.46. The molecule has 0 aliphatic carbocycles. The second-order valence-electron chi connectivity index (χ2n) is 3.75. The molecule has 0 aliphatic rings. The maximum Gasteiger partial charge on any atom is 0.0310 e. The molecule has 0 amide bonds. The van der Waals surface area contributed by atoms with Gasteiger partial charge in [-0.1, -0.05) is 45.4 Å². The van der Waals surface area contributed by atoms with E-state index < -0.39 is 0 Å². The Balaban J connectivity index is 3.68. The van der Waals surface area contributed by atoms with Gasteiger partial charge in [-0.15, -0.1) is 0 Å². The Morgan fingerprint density at radius 3 is 2.38 bits per heavy atom. The second-order valence-corrected chi connectivity index (χ2v) is 4.29. The summed E-state index contributed by atoms with van der Waals surface area (Å²) >= 11 is 5.69. The van der Waals surface area contributed by atoms with Crippen LogP contribution in [0.25, 0.3) is 0 Å². The van der Waals surface area contributed by atoms with Crippen LogP contribution < -0.4 is 5.32 Å². The highest BCUT2D eigenvalue weighted by Crippen LogP contribution is 2.12. The van der Waals surface area contributed by atoms with Crippen molar-refractivity contribution in [3.05, 3.63) is 11.6 Å². The third kappa shape index (κ3) is 7.09. The molecule has 0 bridgehead atoms. The van der Waals surface area contributed by atoms with Gasteiger partial charge in [-0.25, -0.2) is 0 Å². The van der Waals surface area contributed by atoms with Gasteiger partial charge in [0, 0.05) is 17.6 Å². The minimum atomic E-state index is 0.588. The van der Waals surface area contributed by atoms with E-state index >= 15 is 0 Å². The topological polar surface area (TPSA) is 12.0 Å². The summed E-state index contributed by atoms with van der Waals surface area (Å²) in [6.45, 7) is 11.1. The molecule has 0 spiro atoms. The first-order chi connectivity index (χ1) is 6.10. The molecule has 1 N–H and O–H groups in total. The molecule has 2 atom stereocenters. The van der Waals surface area contributed by atoms with Crippen molar-refractivity contribution < 1.29 is 0 Å². The Kier molecular flexibility index (Phi) is 7.39. The molecule has 78 valence electrons. The summed E-state index contributed by atoms with van der Waals surface area (Å²) in [6.07, 6.45) is 3.64. The summed E-state index contributed by atoms with van der Waals surface area (Å²) in [5, 5.41) is 4.10. The van der Waals surface area contributed by atoms with Crippen molar-refractivity contribution in [3.8, 4) is 0 Å². The summed E-state index contributed by atoms with van der Waals surface area (Å²) < 4.78 is 0. The third-order valence-corrected chi connectivity index (χ3v) is 2.59. The second kappa shape index (κ2) is 7.40. The van der Waals surface area contributed by atoms with Crippen LogP contribution in [0.5, 0.6) is 0 Å². The number of hydrogen-bond donors (Lipinski definition) is 1. The molecule has 0 rings (SSSR count). The van der Waals surface area contributed by atoms with Crippen LogP contribution in [-0.4, -0.2) is 12.6 Å². The van der Waals surface area contributed by atoms with E-state index in [0.29, 0.717) is 11.1 Å². The zero-order valence-corrected chi connectivity index (χ0v) is 9.82. The van der Waals surface area contributed by atoms with E-state index in [-0.39, 0.29) is 0 Å². The van der Waals surface area contributed by atoms with Crippen LogP contribution in [0.4, 0.5) is 0 Å². The van der Waals surface area contributed by atoms with E-state index in [0.717, 1.165) is 18.9 Å². The van der Waals surface area contributed by atoms with Gasteiger partial charge in [-0.2, -0.15) is 0 Å². The summed E-state index contributed by atoms with van der Waals surface area (Å²) in [7, 11) is 0. The van der Waals surface area contributed by atoms with Gasteiger partial charge in [0.25, 0.3) is 0 Å². The maximum atomic E-state index is 5.69. The van der Waals surface area contributed by atoms with Crippen molar-refractivity contribution >= 4 is 11.6 Å². The Morgan fingerprint density at radius 1 is 1.38 bits per heavy atom. The van der Waals surface area contributed by atoms with E-state index in [9.17, 15) is 0 Å². The normalized spacial score (nSPS) is 15.4. The largest absolute Gasteiger partial charge is 0.309 e. The lowest BCUT2D eigenvalue weighted by Gasteiger charge is -2.19. The van der Waals surface area contributed by atoms with E-state index in [1.165, 1.54) is 12.8 Å². The quantitative estimate of drug-likeness (QED) is 0.668. The van der Waals surface area contributed by atoms with Gasteiger partial charge in [-0.05, 0) is 18.8 Å². The highest BCUT2D eigenvalue weighted by atomic mass is 35.5. The fraction of sp³-hybridized carbons (Fsp3) is 0.818. The predicted molar refractivity (Wildman–Crippen MR) is 61.1 cm³/mol. The van der Waals surface area contributed by atoms with Gasteiger partial charge in [0.2, 0.25) is 0 Å². The van der Waals surface area contributed by atoms with Crippen LogP contribution in [0.3, 0.4) is 0 Å². The zero-order valence-electron chi connectivity index (χ0n) is 9.07. The first-order valence-corrected chi connectivity index (χ1v) is 5.54. The van der Waals surface area contributed by atoms with Crippen molar-refractivity contribution in [2.24, 2.45) is 5.92 Å². The highest BCUT2D eigenvalue weighted by molar-refractivity contribution is 6.29. The monoisotopic (exact) mass is 203 g/mol. The van der Waals surface area contributed by atoms with Crippen LogP contribution in [-0.2, 0) is 0 Å². The van der Waals surface area contributed by atoms with Crippen LogP contribution in [0.1, 0.15) is 40.0 Å². The predicted octanol–water partition coefficient (Wildman–Crippen LogP) is 3.54. The smallest absolute Gasteiger partial charge is 0.0310 e. The standard InChI is InChI=1S/C11H22ClN/c1-5-9(3)7-11(6-2)13-8-10(4)12/h9,11,13H,4-8H2,1-3H3. The van der Waals surface area contributed by atoms with Gasteiger partial charge in [-0.3, -0.25) is 0 Å². The van der Waals surface area contributed by atoms with Crippen molar-refractivity contribution in [1.82, 2.24) is 5.32 Å². The van der Waals surface area contributed by atoms with Crippen molar-refractivity contribution in [2.45, 2.75) is 46.1 Å². The lowest BCUT2D eigenvalue weighted by Crippen LogP contribution is -2.31. The number of hydrogen-bond acceptors (Lipinski definition) is 1. The molecule has 0 saturated heterocycles. The molecule has 0 saturated carbocycles. The number of halogens is 1. The lowest BCUT2D eigenvalue weighted by atomic mass is 9.98. The van der Waals surface area contributed by atoms with Crippen LogP contribution in [0.2, 0.25) is 0 Å². The molecule has 0 fully saturated rings. The average molecular weight is 204 g/mol. The molecule has 2 unspecified atom stereocenters. The molecular formula is C11H22ClN. The summed E-state index contributed by atoms with van der Waals surface area (Å²) in [5.74, 6) is 0.793. The van der Waals surface area contributed by atoms with Gasteiger partial charge in [0.05, 0.1) is 0 Å². The fourth-order valence-corrected chi connectivity index (χ4v) is 1.38. The van der Waals surface area contributed by atoms with E-state index in [4.69, 9.17) is 11.6 Å². The highest BCUT2D eigenvalue weighted by Gasteiger charge is 2.09. The average Bonchev–Trinajstić information content (AvgIpc) is 2.11. The number of nitrogens with one attached hydrogen (secondary N) is 1. The molecule has 0 heterocycles. The summed E-state index contributed by atoms with van der Waals surface area (Å²) in [5.41, 5.74) is 0. The SMILES string of the molecule is C=C(Cl)CNC(CC)CC(C)CC. The minimum Gasteiger partial charge on any atom is -0.309 e. The molecule has 0 aromatic carbocycles. The first-order valence-electron chi connectivity index (χ1n) is 5.16. The Bertz CT molecular complexity index is 145. The molecule has 13 heavy (non-hydrogen) atoms. The maximum absolute atomic E-state index is 5.69. The van der Waals surface area contributed by atoms with E-state index in [2.05, 4.69) is 32.7 Å². The summed E-state index contributed by atoms with van der Waals surface area (Å²) in [6, 6.07) is 0.588. The van der Waals surface area contributed by atoms with Crippen molar-refractivity contribution in [2.75, 3.05) is 6.54 Å². The molecule has 2 heteroatoms. The first kappa shape index (κ1) is 13.0.